The SMILES string of the molecule is CCCN(C1CCNCC1)S(=O)(=O)c1ccccc1Br.Cl. The van der Waals surface area contributed by atoms with Crippen LogP contribution in [0.25, 0.3) is 0 Å². The third-order valence-electron chi connectivity index (χ3n) is 3.58. The second-order valence-electron chi connectivity index (χ2n) is 5.03. The van der Waals surface area contributed by atoms with Crippen LogP contribution in [0.5, 0.6) is 0 Å². The summed E-state index contributed by atoms with van der Waals surface area (Å²) >= 11 is 3.36. The Balaban J connectivity index is 0.00000220. The molecule has 0 atom stereocenters. The lowest BCUT2D eigenvalue weighted by Gasteiger charge is -2.33. The van der Waals surface area contributed by atoms with Crippen molar-refractivity contribution in [3.8, 4) is 0 Å². The van der Waals surface area contributed by atoms with Crippen molar-refractivity contribution in [3.05, 3.63) is 28.7 Å². The molecule has 1 N–H and O–H groups in total. The van der Waals surface area contributed by atoms with Gasteiger partial charge in [0.05, 0.1) is 4.90 Å². The van der Waals surface area contributed by atoms with Gasteiger partial charge in [-0.1, -0.05) is 19.1 Å². The highest BCUT2D eigenvalue weighted by Gasteiger charge is 2.32. The Morgan fingerprint density at radius 2 is 1.90 bits per heavy atom. The van der Waals surface area contributed by atoms with Gasteiger partial charge in [0.25, 0.3) is 0 Å². The molecule has 0 radical (unpaired) electrons. The molecule has 0 bridgehead atoms. The average molecular weight is 398 g/mol. The second-order valence-corrected chi connectivity index (χ2v) is 7.74. The Labute approximate surface area is 141 Å². The molecule has 1 saturated heterocycles. The number of piperidine rings is 1. The smallest absolute Gasteiger partial charge is 0.244 e. The van der Waals surface area contributed by atoms with Crippen LogP contribution in [0.1, 0.15) is 26.2 Å². The maximum Gasteiger partial charge on any atom is 0.244 e. The zero-order valence-corrected chi connectivity index (χ0v) is 15.3. The molecule has 1 aromatic rings. The molecule has 0 amide bonds. The summed E-state index contributed by atoms with van der Waals surface area (Å²) in [7, 11) is -3.43. The molecule has 0 aliphatic carbocycles. The minimum atomic E-state index is -3.43. The first-order chi connectivity index (χ1) is 9.57. The van der Waals surface area contributed by atoms with Crippen LogP contribution in [0.15, 0.2) is 33.6 Å². The zero-order valence-electron chi connectivity index (χ0n) is 12.1. The number of nitrogens with one attached hydrogen (secondary N) is 1. The van der Waals surface area contributed by atoms with E-state index in [0.717, 1.165) is 32.4 Å². The Bertz CT molecular complexity index is 548. The summed E-state index contributed by atoms with van der Waals surface area (Å²) in [5.41, 5.74) is 0. The summed E-state index contributed by atoms with van der Waals surface area (Å²) in [5, 5.41) is 3.28. The number of hydrogen-bond donors (Lipinski definition) is 1. The van der Waals surface area contributed by atoms with Crippen LogP contribution in [0.2, 0.25) is 0 Å². The molecule has 2 rings (SSSR count). The molecule has 0 saturated carbocycles. The summed E-state index contributed by atoms with van der Waals surface area (Å²) in [6.07, 6.45) is 2.58. The van der Waals surface area contributed by atoms with E-state index in [9.17, 15) is 8.42 Å². The number of benzene rings is 1. The fraction of sp³-hybridized carbons (Fsp3) is 0.571. The minimum absolute atomic E-state index is 0. The van der Waals surface area contributed by atoms with Crippen LogP contribution >= 0.6 is 28.3 Å². The number of hydrogen-bond acceptors (Lipinski definition) is 3. The van der Waals surface area contributed by atoms with Gasteiger partial charge in [-0.25, -0.2) is 8.42 Å². The van der Waals surface area contributed by atoms with E-state index >= 15 is 0 Å². The number of sulfonamides is 1. The van der Waals surface area contributed by atoms with Crippen molar-refractivity contribution in [2.45, 2.75) is 37.1 Å². The molecular weight excluding hydrogens is 376 g/mol. The van der Waals surface area contributed by atoms with Gasteiger partial charge in [-0.05, 0) is 60.4 Å². The third-order valence-corrected chi connectivity index (χ3v) is 6.55. The normalized spacial score (nSPS) is 16.7. The predicted octanol–water partition coefficient (Wildman–Crippen LogP) is 3.02. The van der Waals surface area contributed by atoms with E-state index in [1.165, 1.54) is 0 Å². The lowest BCUT2D eigenvalue weighted by Crippen LogP contribution is -2.46. The van der Waals surface area contributed by atoms with E-state index in [1.54, 1.807) is 22.5 Å². The fourth-order valence-electron chi connectivity index (χ4n) is 2.59. The Morgan fingerprint density at radius 1 is 1.29 bits per heavy atom. The number of rotatable bonds is 5. The van der Waals surface area contributed by atoms with Crippen LogP contribution < -0.4 is 5.32 Å². The first kappa shape index (κ1) is 18.9. The topological polar surface area (TPSA) is 49.4 Å². The lowest BCUT2D eigenvalue weighted by molar-refractivity contribution is 0.262. The van der Waals surface area contributed by atoms with Crippen LogP contribution in [-0.4, -0.2) is 38.4 Å². The van der Waals surface area contributed by atoms with E-state index in [1.807, 2.05) is 13.0 Å². The monoisotopic (exact) mass is 396 g/mol. The maximum atomic E-state index is 12.9. The molecule has 21 heavy (non-hydrogen) atoms. The van der Waals surface area contributed by atoms with Gasteiger partial charge in [-0.3, -0.25) is 0 Å². The van der Waals surface area contributed by atoms with Crippen LogP contribution in [-0.2, 0) is 10.0 Å². The quantitative estimate of drug-likeness (QED) is 0.831. The third kappa shape index (κ3) is 4.42. The van der Waals surface area contributed by atoms with Crippen molar-refractivity contribution in [2.75, 3.05) is 19.6 Å². The van der Waals surface area contributed by atoms with Crippen molar-refractivity contribution in [2.24, 2.45) is 0 Å². The van der Waals surface area contributed by atoms with Crippen molar-refractivity contribution in [1.82, 2.24) is 9.62 Å². The molecule has 1 aliphatic rings. The van der Waals surface area contributed by atoms with Crippen molar-refractivity contribution in [1.29, 1.82) is 0 Å². The Morgan fingerprint density at radius 3 is 2.48 bits per heavy atom. The maximum absolute atomic E-state index is 12.9. The van der Waals surface area contributed by atoms with Crippen molar-refractivity contribution in [3.63, 3.8) is 0 Å². The van der Waals surface area contributed by atoms with Gasteiger partial charge >= 0.3 is 0 Å². The van der Waals surface area contributed by atoms with E-state index in [4.69, 9.17) is 0 Å². The molecule has 0 spiro atoms. The van der Waals surface area contributed by atoms with Gasteiger partial charge in [0.15, 0.2) is 0 Å². The fourth-order valence-corrected chi connectivity index (χ4v) is 5.34. The Kier molecular flexibility index (Phi) is 7.64. The predicted molar refractivity (Wildman–Crippen MR) is 91.5 cm³/mol. The molecule has 120 valence electrons. The largest absolute Gasteiger partial charge is 0.317 e. The zero-order chi connectivity index (χ0) is 14.6. The number of halogens is 2. The average Bonchev–Trinajstić information content (AvgIpc) is 2.45. The van der Waals surface area contributed by atoms with Crippen LogP contribution in [0.3, 0.4) is 0 Å². The first-order valence-corrected chi connectivity index (χ1v) is 9.27. The van der Waals surface area contributed by atoms with Gasteiger partial charge in [-0.15, -0.1) is 12.4 Å². The van der Waals surface area contributed by atoms with Crippen molar-refractivity contribution < 1.29 is 8.42 Å². The molecule has 1 aromatic carbocycles. The van der Waals surface area contributed by atoms with Crippen LogP contribution in [0, 0.1) is 0 Å². The highest BCUT2D eigenvalue weighted by Crippen LogP contribution is 2.28. The van der Waals surface area contributed by atoms with Crippen molar-refractivity contribution >= 4 is 38.4 Å². The number of nitrogens with zero attached hydrogens (tertiary/aromatic N) is 1. The summed E-state index contributed by atoms with van der Waals surface area (Å²) in [5.74, 6) is 0. The highest BCUT2D eigenvalue weighted by atomic mass is 79.9. The Hall–Kier alpha value is -0.140. The minimum Gasteiger partial charge on any atom is -0.317 e. The van der Waals surface area contributed by atoms with Crippen LogP contribution in [0.4, 0.5) is 0 Å². The standard InChI is InChI=1S/C14H21BrN2O2S.ClH/c1-2-11-17(12-7-9-16-10-8-12)20(18,19)14-6-4-3-5-13(14)15;/h3-6,12,16H,2,7-11H2,1H3;1H. The molecular formula is C14H22BrClN2O2S. The summed E-state index contributed by atoms with van der Waals surface area (Å²) in [6, 6.07) is 7.15. The van der Waals surface area contributed by atoms with E-state index in [0.29, 0.717) is 15.9 Å². The van der Waals surface area contributed by atoms with E-state index < -0.39 is 10.0 Å². The molecule has 4 nitrogen and oxygen atoms in total. The molecule has 0 aromatic heterocycles. The summed E-state index contributed by atoms with van der Waals surface area (Å²) in [6.45, 7) is 4.37. The molecule has 1 heterocycles. The van der Waals surface area contributed by atoms with Gasteiger partial charge < -0.3 is 5.32 Å². The lowest BCUT2D eigenvalue weighted by atomic mass is 10.1. The molecule has 7 heteroatoms. The highest BCUT2D eigenvalue weighted by molar-refractivity contribution is 9.10. The van der Waals surface area contributed by atoms with Gasteiger partial charge in [0.1, 0.15) is 0 Å². The molecule has 1 aliphatic heterocycles. The second kappa shape index (κ2) is 8.48. The summed E-state index contributed by atoms with van der Waals surface area (Å²) in [4.78, 5) is 0.368. The van der Waals surface area contributed by atoms with E-state index in [2.05, 4.69) is 21.2 Å². The van der Waals surface area contributed by atoms with Gasteiger partial charge in [-0.2, -0.15) is 4.31 Å². The molecule has 0 unspecified atom stereocenters. The molecule has 1 fully saturated rings. The van der Waals surface area contributed by atoms with Gasteiger partial charge in [0, 0.05) is 17.1 Å². The summed E-state index contributed by atoms with van der Waals surface area (Å²) < 4.78 is 28.2. The first-order valence-electron chi connectivity index (χ1n) is 7.04. The van der Waals surface area contributed by atoms with Gasteiger partial charge in [0.2, 0.25) is 10.0 Å². The van der Waals surface area contributed by atoms with E-state index in [-0.39, 0.29) is 18.4 Å².